The van der Waals surface area contributed by atoms with Gasteiger partial charge in [-0.25, -0.2) is 8.42 Å². The first-order valence-corrected chi connectivity index (χ1v) is 13.5. The maximum absolute atomic E-state index is 13.5. The molecule has 1 N–H and O–H groups in total. The average Bonchev–Trinajstić information content (AvgIpc) is 2.79. The van der Waals surface area contributed by atoms with Crippen LogP contribution in [-0.4, -0.2) is 56.6 Å². The largest absolute Gasteiger partial charge is 0.352 e. The molecule has 34 heavy (non-hydrogen) atoms. The lowest BCUT2D eigenvalue weighted by Gasteiger charge is -2.32. The van der Waals surface area contributed by atoms with Crippen LogP contribution in [0.3, 0.4) is 0 Å². The zero-order valence-electron chi connectivity index (χ0n) is 20.4. The lowest BCUT2D eigenvalue weighted by Crippen LogP contribution is -2.53. The van der Waals surface area contributed by atoms with Gasteiger partial charge in [0.25, 0.3) is 0 Å². The number of rotatable bonds is 11. The first-order chi connectivity index (χ1) is 15.9. The Kier molecular flexibility index (Phi) is 9.94. The van der Waals surface area contributed by atoms with Crippen LogP contribution in [0.2, 0.25) is 5.02 Å². The molecule has 0 aliphatic carbocycles. The predicted molar refractivity (Wildman–Crippen MR) is 138 cm³/mol. The summed E-state index contributed by atoms with van der Waals surface area (Å²) in [5, 5.41) is 3.28. The molecular weight excluding hydrogens is 474 g/mol. The second-order valence-corrected chi connectivity index (χ2v) is 10.9. The smallest absolute Gasteiger partial charge is 0.244 e. The van der Waals surface area contributed by atoms with Crippen molar-refractivity contribution in [2.45, 2.75) is 52.6 Å². The highest BCUT2D eigenvalue weighted by atomic mass is 35.5. The van der Waals surface area contributed by atoms with E-state index in [4.69, 9.17) is 11.6 Å². The van der Waals surface area contributed by atoms with Crippen LogP contribution in [-0.2, 0) is 26.0 Å². The highest BCUT2D eigenvalue weighted by Crippen LogP contribution is 2.26. The Labute approximate surface area is 208 Å². The molecule has 0 saturated heterocycles. The first kappa shape index (κ1) is 27.7. The third-order valence-electron chi connectivity index (χ3n) is 5.77. The fourth-order valence-corrected chi connectivity index (χ4v) is 4.55. The number of carbonyl (C=O) groups excluding carboxylic acids is 2. The zero-order chi connectivity index (χ0) is 25.5. The van der Waals surface area contributed by atoms with Gasteiger partial charge in [0, 0.05) is 17.6 Å². The summed E-state index contributed by atoms with van der Waals surface area (Å²) < 4.78 is 26.4. The van der Waals surface area contributed by atoms with Crippen LogP contribution in [0, 0.1) is 6.92 Å². The standard InChI is InChI=1S/C25H34ClN3O4S/c1-6-19(3)27-25(31)20(4)28(15-14-21-10-8-7-9-11-21)24(30)17-29(34(5,32)33)23-16-22(26)13-12-18(23)2/h7-13,16,19-20H,6,14-15,17H2,1-5H3,(H,27,31). The minimum atomic E-state index is -3.80. The molecule has 2 amide bonds. The van der Waals surface area contributed by atoms with Gasteiger partial charge in [0.2, 0.25) is 21.8 Å². The van der Waals surface area contributed by atoms with E-state index in [0.717, 1.165) is 22.5 Å². The molecule has 7 nitrogen and oxygen atoms in total. The zero-order valence-corrected chi connectivity index (χ0v) is 22.0. The molecule has 2 rings (SSSR count). The maximum atomic E-state index is 13.5. The molecule has 0 radical (unpaired) electrons. The molecule has 186 valence electrons. The number of nitrogens with zero attached hydrogens (tertiary/aromatic N) is 2. The van der Waals surface area contributed by atoms with Gasteiger partial charge in [-0.05, 0) is 56.9 Å². The van der Waals surface area contributed by atoms with E-state index in [1.165, 1.54) is 11.0 Å². The van der Waals surface area contributed by atoms with Crippen LogP contribution in [0.15, 0.2) is 48.5 Å². The Bertz CT molecular complexity index is 1090. The minimum absolute atomic E-state index is 0.0392. The second-order valence-electron chi connectivity index (χ2n) is 8.52. The Balaban J connectivity index is 2.35. The van der Waals surface area contributed by atoms with Crippen LogP contribution >= 0.6 is 11.6 Å². The van der Waals surface area contributed by atoms with Crippen molar-refractivity contribution in [2.75, 3.05) is 23.7 Å². The summed E-state index contributed by atoms with van der Waals surface area (Å²) in [5.74, 6) is -0.742. The van der Waals surface area contributed by atoms with Gasteiger partial charge >= 0.3 is 0 Å². The first-order valence-electron chi connectivity index (χ1n) is 11.3. The molecule has 2 atom stereocenters. The number of hydrogen-bond donors (Lipinski definition) is 1. The lowest BCUT2D eigenvalue weighted by molar-refractivity contribution is -0.139. The van der Waals surface area contributed by atoms with Crippen molar-refractivity contribution in [1.82, 2.24) is 10.2 Å². The van der Waals surface area contributed by atoms with Crippen molar-refractivity contribution in [3.8, 4) is 0 Å². The van der Waals surface area contributed by atoms with E-state index >= 15 is 0 Å². The van der Waals surface area contributed by atoms with E-state index < -0.39 is 28.5 Å². The van der Waals surface area contributed by atoms with Crippen LogP contribution in [0.4, 0.5) is 5.69 Å². The Morgan fingerprint density at radius 2 is 1.74 bits per heavy atom. The van der Waals surface area contributed by atoms with E-state index in [9.17, 15) is 18.0 Å². The SMILES string of the molecule is CCC(C)NC(=O)C(C)N(CCc1ccccc1)C(=O)CN(c1cc(Cl)ccc1C)S(C)(=O)=O. The van der Waals surface area contributed by atoms with E-state index in [0.29, 0.717) is 22.7 Å². The van der Waals surface area contributed by atoms with E-state index in [2.05, 4.69) is 5.32 Å². The lowest BCUT2D eigenvalue weighted by atomic mass is 10.1. The van der Waals surface area contributed by atoms with Crippen LogP contribution < -0.4 is 9.62 Å². The molecule has 2 aromatic carbocycles. The third kappa shape index (κ3) is 7.74. The van der Waals surface area contributed by atoms with E-state index in [-0.39, 0.29) is 18.5 Å². The molecule has 0 bridgehead atoms. The van der Waals surface area contributed by atoms with Crippen molar-refractivity contribution in [1.29, 1.82) is 0 Å². The molecule has 0 aliphatic heterocycles. The van der Waals surface area contributed by atoms with Crippen LogP contribution in [0.1, 0.15) is 38.3 Å². The second kappa shape index (κ2) is 12.2. The van der Waals surface area contributed by atoms with Gasteiger partial charge < -0.3 is 10.2 Å². The third-order valence-corrected chi connectivity index (χ3v) is 7.13. The van der Waals surface area contributed by atoms with E-state index in [1.54, 1.807) is 26.0 Å². The van der Waals surface area contributed by atoms with Crippen molar-refractivity contribution in [3.63, 3.8) is 0 Å². The average molecular weight is 508 g/mol. The molecule has 0 spiro atoms. The predicted octanol–water partition coefficient (Wildman–Crippen LogP) is 3.79. The quantitative estimate of drug-likeness (QED) is 0.501. The molecule has 0 fully saturated rings. The van der Waals surface area contributed by atoms with Crippen molar-refractivity contribution < 1.29 is 18.0 Å². The molecule has 0 aliphatic rings. The molecule has 0 aromatic heterocycles. The van der Waals surface area contributed by atoms with Gasteiger partial charge in [0.1, 0.15) is 12.6 Å². The van der Waals surface area contributed by atoms with Gasteiger partial charge in [0.05, 0.1) is 11.9 Å². The van der Waals surface area contributed by atoms with Crippen molar-refractivity contribution in [2.24, 2.45) is 0 Å². The number of anilines is 1. The van der Waals surface area contributed by atoms with Crippen LogP contribution in [0.5, 0.6) is 0 Å². The Morgan fingerprint density at radius 1 is 1.09 bits per heavy atom. The summed E-state index contributed by atoms with van der Waals surface area (Å²) in [6.45, 7) is 7.11. The molecule has 2 unspecified atom stereocenters. The highest BCUT2D eigenvalue weighted by Gasteiger charge is 2.30. The topological polar surface area (TPSA) is 86.8 Å². The van der Waals surface area contributed by atoms with Gasteiger partial charge in [-0.2, -0.15) is 0 Å². The number of carbonyl (C=O) groups is 2. The van der Waals surface area contributed by atoms with Gasteiger partial charge in [-0.1, -0.05) is 54.9 Å². The van der Waals surface area contributed by atoms with Gasteiger partial charge in [0.15, 0.2) is 0 Å². The van der Waals surface area contributed by atoms with Crippen molar-refractivity contribution >= 4 is 39.1 Å². The molecule has 0 heterocycles. The number of sulfonamides is 1. The summed E-state index contributed by atoms with van der Waals surface area (Å²) in [5.41, 5.74) is 2.02. The number of halogens is 1. The highest BCUT2D eigenvalue weighted by molar-refractivity contribution is 7.92. The summed E-state index contributed by atoms with van der Waals surface area (Å²) in [6, 6.07) is 13.7. The number of aryl methyl sites for hydroxylation is 1. The maximum Gasteiger partial charge on any atom is 0.244 e. The number of amides is 2. The fraction of sp³-hybridized carbons (Fsp3) is 0.440. The summed E-state index contributed by atoms with van der Waals surface area (Å²) in [4.78, 5) is 27.8. The summed E-state index contributed by atoms with van der Waals surface area (Å²) in [6.07, 6.45) is 2.34. The summed E-state index contributed by atoms with van der Waals surface area (Å²) in [7, 11) is -3.80. The molecule has 0 saturated carbocycles. The van der Waals surface area contributed by atoms with E-state index in [1.807, 2.05) is 44.2 Å². The normalized spacial score (nSPS) is 13.1. The Morgan fingerprint density at radius 3 is 2.32 bits per heavy atom. The molecule has 9 heteroatoms. The Hall–Kier alpha value is -2.58. The molecular formula is C25H34ClN3O4S. The number of benzene rings is 2. The number of nitrogens with one attached hydrogen (secondary N) is 1. The monoisotopic (exact) mass is 507 g/mol. The van der Waals surface area contributed by atoms with Crippen LogP contribution in [0.25, 0.3) is 0 Å². The fourth-order valence-electron chi connectivity index (χ4n) is 3.48. The molecule has 2 aromatic rings. The van der Waals surface area contributed by atoms with Gasteiger partial charge in [-0.15, -0.1) is 0 Å². The van der Waals surface area contributed by atoms with Crippen molar-refractivity contribution in [3.05, 3.63) is 64.7 Å². The number of hydrogen-bond acceptors (Lipinski definition) is 4. The minimum Gasteiger partial charge on any atom is -0.352 e. The van der Waals surface area contributed by atoms with Gasteiger partial charge in [-0.3, -0.25) is 13.9 Å². The summed E-state index contributed by atoms with van der Waals surface area (Å²) >= 11 is 6.11.